The van der Waals surface area contributed by atoms with E-state index in [0.29, 0.717) is 11.1 Å². The Balaban J connectivity index is 2.30. The van der Waals surface area contributed by atoms with Gasteiger partial charge < -0.3 is 5.32 Å². The van der Waals surface area contributed by atoms with Crippen molar-refractivity contribution in [1.29, 1.82) is 5.26 Å². The first-order valence-corrected chi connectivity index (χ1v) is 4.74. The molecule has 0 bridgehead atoms. The van der Waals surface area contributed by atoms with Crippen LogP contribution in [-0.2, 0) is 0 Å². The van der Waals surface area contributed by atoms with E-state index in [2.05, 4.69) is 5.32 Å². The van der Waals surface area contributed by atoms with Crippen LogP contribution < -0.4 is 5.32 Å². The monoisotopic (exact) mass is 190 g/mol. The second kappa shape index (κ2) is 3.77. The molecule has 0 saturated carbocycles. The molecule has 0 aromatic heterocycles. The van der Waals surface area contributed by atoms with Crippen molar-refractivity contribution in [2.24, 2.45) is 0 Å². The fraction of sp³-hybridized carbons (Fsp3) is 0.364. The number of benzene rings is 1. The van der Waals surface area contributed by atoms with Crippen molar-refractivity contribution < 1.29 is 4.39 Å². The van der Waals surface area contributed by atoms with Crippen LogP contribution in [0.15, 0.2) is 18.2 Å². The first-order chi connectivity index (χ1) is 6.81. The Kier molecular flexibility index (Phi) is 2.47. The van der Waals surface area contributed by atoms with Crippen molar-refractivity contribution in [2.45, 2.75) is 18.9 Å². The van der Waals surface area contributed by atoms with Gasteiger partial charge in [-0.2, -0.15) is 5.26 Å². The van der Waals surface area contributed by atoms with Gasteiger partial charge >= 0.3 is 0 Å². The minimum atomic E-state index is -0.275. The normalized spacial score (nSPS) is 20.7. The highest BCUT2D eigenvalue weighted by atomic mass is 19.1. The van der Waals surface area contributed by atoms with E-state index in [9.17, 15) is 4.39 Å². The average molecular weight is 190 g/mol. The summed E-state index contributed by atoms with van der Waals surface area (Å²) in [4.78, 5) is 0. The SMILES string of the molecule is N#Cc1ccc(C2CCCN2)c(F)c1. The van der Waals surface area contributed by atoms with Gasteiger partial charge in [0.2, 0.25) is 0 Å². The van der Waals surface area contributed by atoms with Gasteiger partial charge in [0.05, 0.1) is 11.6 Å². The Hall–Kier alpha value is -1.40. The van der Waals surface area contributed by atoms with Gasteiger partial charge in [0.25, 0.3) is 0 Å². The third-order valence-corrected chi connectivity index (χ3v) is 2.57. The van der Waals surface area contributed by atoms with Crippen LogP contribution in [0, 0.1) is 17.1 Å². The van der Waals surface area contributed by atoms with Crippen LogP contribution in [0.2, 0.25) is 0 Å². The summed E-state index contributed by atoms with van der Waals surface area (Å²) in [5.41, 5.74) is 1.06. The predicted molar refractivity (Wildman–Crippen MR) is 51.1 cm³/mol. The van der Waals surface area contributed by atoms with Crippen molar-refractivity contribution in [3.8, 4) is 6.07 Å². The van der Waals surface area contributed by atoms with E-state index < -0.39 is 0 Å². The summed E-state index contributed by atoms with van der Waals surface area (Å²) in [5.74, 6) is -0.275. The largest absolute Gasteiger partial charge is 0.310 e. The summed E-state index contributed by atoms with van der Waals surface area (Å²) in [7, 11) is 0. The molecule has 1 unspecified atom stereocenters. The molecule has 1 aliphatic heterocycles. The van der Waals surface area contributed by atoms with E-state index >= 15 is 0 Å². The van der Waals surface area contributed by atoms with Gasteiger partial charge in [0, 0.05) is 11.6 Å². The van der Waals surface area contributed by atoms with Gasteiger partial charge in [-0.15, -0.1) is 0 Å². The van der Waals surface area contributed by atoms with E-state index in [-0.39, 0.29) is 11.9 Å². The Morgan fingerprint density at radius 2 is 2.36 bits per heavy atom. The maximum atomic E-state index is 13.5. The van der Waals surface area contributed by atoms with Crippen LogP contribution in [0.25, 0.3) is 0 Å². The van der Waals surface area contributed by atoms with Crippen LogP contribution in [0.4, 0.5) is 4.39 Å². The lowest BCUT2D eigenvalue weighted by Gasteiger charge is -2.11. The van der Waals surface area contributed by atoms with Gasteiger partial charge in [0.15, 0.2) is 0 Å². The molecule has 72 valence electrons. The van der Waals surface area contributed by atoms with Gasteiger partial charge in [-0.25, -0.2) is 4.39 Å². The third-order valence-electron chi connectivity index (χ3n) is 2.57. The van der Waals surface area contributed by atoms with E-state index in [1.54, 1.807) is 12.1 Å². The van der Waals surface area contributed by atoms with Gasteiger partial charge in [-0.1, -0.05) is 6.07 Å². The molecule has 14 heavy (non-hydrogen) atoms. The molecule has 0 aliphatic carbocycles. The molecule has 1 saturated heterocycles. The molecular weight excluding hydrogens is 179 g/mol. The van der Waals surface area contributed by atoms with Gasteiger partial charge in [-0.3, -0.25) is 0 Å². The number of nitriles is 1. The van der Waals surface area contributed by atoms with E-state index in [0.717, 1.165) is 19.4 Å². The lowest BCUT2D eigenvalue weighted by molar-refractivity contribution is 0.558. The Labute approximate surface area is 82.4 Å². The lowest BCUT2D eigenvalue weighted by Crippen LogP contribution is -2.14. The summed E-state index contributed by atoms with van der Waals surface area (Å²) in [6.07, 6.45) is 2.06. The Morgan fingerprint density at radius 1 is 1.50 bits per heavy atom. The molecule has 1 aromatic rings. The lowest BCUT2D eigenvalue weighted by atomic mass is 10.0. The Bertz CT molecular complexity index is 375. The molecule has 1 fully saturated rings. The molecule has 3 heteroatoms. The summed E-state index contributed by atoms with van der Waals surface area (Å²) in [6.45, 7) is 0.949. The zero-order valence-electron chi connectivity index (χ0n) is 7.76. The zero-order chi connectivity index (χ0) is 9.97. The standard InChI is InChI=1S/C11H11FN2/c12-10-6-8(7-13)3-4-9(10)11-2-1-5-14-11/h3-4,6,11,14H,1-2,5H2. The summed E-state index contributed by atoms with van der Waals surface area (Å²) >= 11 is 0. The van der Waals surface area contributed by atoms with Crippen molar-refractivity contribution >= 4 is 0 Å². The van der Waals surface area contributed by atoms with Crippen LogP contribution in [0.5, 0.6) is 0 Å². The molecule has 1 heterocycles. The molecule has 2 nitrogen and oxygen atoms in total. The number of rotatable bonds is 1. The fourth-order valence-corrected chi connectivity index (χ4v) is 1.83. The summed E-state index contributed by atoms with van der Waals surface area (Å²) < 4.78 is 13.5. The highest BCUT2D eigenvalue weighted by molar-refractivity contribution is 5.34. The number of hydrogen-bond acceptors (Lipinski definition) is 2. The van der Waals surface area contributed by atoms with Crippen LogP contribution in [0.3, 0.4) is 0 Å². The van der Waals surface area contributed by atoms with E-state index in [1.807, 2.05) is 6.07 Å². The van der Waals surface area contributed by atoms with Crippen molar-refractivity contribution in [3.05, 3.63) is 35.1 Å². The van der Waals surface area contributed by atoms with Crippen LogP contribution in [0.1, 0.15) is 30.0 Å². The summed E-state index contributed by atoms with van der Waals surface area (Å²) in [6, 6.07) is 6.72. The minimum absolute atomic E-state index is 0.128. The summed E-state index contributed by atoms with van der Waals surface area (Å²) in [5, 5.41) is 11.8. The average Bonchev–Trinajstić information content (AvgIpc) is 2.70. The highest BCUT2D eigenvalue weighted by Crippen LogP contribution is 2.25. The van der Waals surface area contributed by atoms with Crippen LogP contribution >= 0.6 is 0 Å². The number of halogens is 1. The number of nitrogens with one attached hydrogen (secondary N) is 1. The zero-order valence-corrected chi connectivity index (χ0v) is 7.76. The smallest absolute Gasteiger partial charge is 0.129 e. The highest BCUT2D eigenvalue weighted by Gasteiger charge is 2.19. The second-order valence-electron chi connectivity index (χ2n) is 3.50. The molecule has 0 amide bonds. The van der Waals surface area contributed by atoms with Crippen molar-refractivity contribution in [3.63, 3.8) is 0 Å². The molecule has 1 aromatic carbocycles. The van der Waals surface area contributed by atoms with Crippen LogP contribution in [-0.4, -0.2) is 6.54 Å². The van der Waals surface area contributed by atoms with Gasteiger partial charge in [-0.05, 0) is 31.5 Å². The van der Waals surface area contributed by atoms with Gasteiger partial charge in [0.1, 0.15) is 5.82 Å². The maximum Gasteiger partial charge on any atom is 0.129 e. The number of nitrogens with zero attached hydrogens (tertiary/aromatic N) is 1. The predicted octanol–water partition coefficient (Wildman–Crippen LogP) is 2.12. The molecule has 1 atom stereocenters. The molecule has 1 N–H and O–H groups in total. The second-order valence-corrected chi connectivity index (χ2v) is 3.50. The Morgan fingerprint density at radius 3 is 2.93 bits per heavy atom. The first-order valence-electron chi connectivity index (χ1n) is 4.74. The third kappa shape index (κ3) is 1.61. The molecule has 0 radical (unpaired) electrons. The first kappa shape index (κ1) is 9.17. The quantitative estimate of drug-likeness (QED) is 0.736. The van der Waals surface area contributed by atoms with E-state index in [4.69, 9.17) is 5.26 Å². The molecular formula is C11H11FN2. The fourth-order valence-electron chi connectivity index (χ4n) is 1.83. The minimum Gasteiger partial charge on any atom is -0.310 e. The topological polar surface area (TPSA) is 35.8 Å². The van der Waals surface area contributed by atoms with Crippen molar-refractivity contribution in [2.75, 3.05) is 6.54 Å². The molecule has 2 rings (SSSR count). The van der Waals surface area contributed by atoms with E-state index in [1.165, 1.54) is 6.07 Å². The molecule has 0 spiro atoms. The van der Waals surface area contributed by atoms with Crippen molar-refractivity contribution in [1.82, 2.24) is 5.32 Å². The molecule has 1 aliphatic rings. The maximum absolute atomic E-state index is 13.5. The number of hydrogen-bond donors (Lipinski definition) is 1.